The molecule has 0 aromatic carbocycles. The molecular weight excluding hydrogens is 372 g/mol. The number of esters is 1. The van der Waals surface area contributed by atoms with E-state index in [1.807, 2.05) is 0 Å². The Hall–Kier alpha value is -0.960. The van der Waals surface area contributed by atoms with Crippen molar-refractivity contribution in [1.82, 2.24) is 9.62 Å². The SMILES string of the molecule is COC(=O)c1sccc1S(=O)(=O)NC1CCCCC1CN1CCCCC1. The van der Waals surface area contributed by atoms with E-state index in [0.29, 0.717) is 5.92 Å². The highest BCUT2D eigenvalue weighted by Gasteiger charge is 2.33. The molecule has 3 rings (SSSR count). The van der Waals surface area contributed by atoms with Crippen LogP contribution in [0.1, 0.15) is 54.6 Å². The van der Waals surface area contributed by atoms with Crippen molar-refractivity contribution >= 4 is 27.3 Å². The molecule has 0 radical (unpaired) electrons. The van der Waals surface area contributed by atoms with Gasteiger partial charge in [0.05, 0.1) is 7.11 Å². The van der Waals surface area contributed by atoms with Crippen LogP contribution in [0.4, 0.5) is 0 Å². The number of piperidine rings is 1. The fourth-order valence-corrected chi connectivity index (χ4v) is 6.74. The minimum absolute atomic E-state index is 0.0386. The van der Waals surface area contributed by atoms with Crippen LogP contribution in [0.2, 0.25) is 0 Å². The van der Waals surface area contributed by atoms with Gasteiger partial charge >= 0.3 is 5.97 Å². The average Bonchev–Trinajstić information content (AvgIpc) is 3.14. The maximum Gasteiger partial charge on any atom is 0.349 e. The molecule has 1 aliphatic carbocycles. The zero-order chi connectivity index (χ0) is 18.6. The van der Waals surface area contributed by atoms with E-state index in [-0.39, 0.29) is 15.8 Å². The molecule has 1 aliphatic heterocycles. The summed E-state index contributed by atoms with van der Waals surface area (Å²) in [6.07, 6.45) is 7.87. The first-order valence-corrected chi connectivity index (χ1v) is 11.8. The fraction of sp³-hybridized carbons (Fsp3) is 0.722. The summed E-state index contributed by atoms with van der Waals surface area (Å²) in [5, 5.41) is 1.62. The topological polar surface area (TPSA) is 75.7 Å². The Labute approximate surface area is 160 Å². The highest BCUT2D eigenvalue weighted by Crippen LogP contribution is 2.29. The molecule has 0 bridgehead atoms. The number of sulfonamides is 1. The molecule has 1 N–H and O–H groups in total. The minimum atomic E-state index is -3.74. The number of hydrogen-bond donors (Lipinski definition) is 1. The number of carbonyl (C=O) groups excluding carboxylic acids is 1. The summed E-state index contributed by atoms with van der Waals surface area (Å²) in [7, 11) is -2.47. The molecule has 0 spiro atoms. The Morgan fingerprint density at radius 1 is 1.23 bits per heavy atom. The van der Waals surface area contributed by atoms with Crippen molar-refractivity contribution < 1.29 is 17.9 Å². The molecule has 26 heavy (non-hydrogen) atoms. The fourth-order valence-electron chi connectivity index (χ4n) is 4.07. The third-order valence-corrected chi connectivity index (χ3v) is 8.00. The largest absolute Gasteiger partial charge is 0.465 e. The maximum atomic E-state index is 12.9. The Morgan fingerprint density at radius 2 is 1.96 bits per heavy atom. The van der Waals surface area contributed by atoms with Crippen LogP contribution in [-0.2, 0) is 14.8 Å². The van der Waals surface area contributed by atoms with Crippen LogP contribution in [0.25, 0.3) is 0 Å². The van der Waals surface area contributed by atoms with Gasteiger partial charge in [-0.15, -0.1) is 11.3 Å². The van der Waals surface area contributed by atoms with Gasteiger partial charge < -0.3 is 9.64 Å². The number of likely N-dealkylation sites (tertiary alicyclic amines) is 1. The second kappa shape index (κ2) is 8.82. The number of methoxy groups -OCH3 is 1. The van der Waals surface area contributed by atoms with Gasteiger partial charge in [0.25, 0.3) is 0 Å². The van der Waals surface area contributed by atoms with Gasteiger partial charge in [0.15, 0.2) is 0 Å². The first kappa shape index (κ1) is 19.8. The van der Waals surface area contributed by atoms with Crippen LogP contribution < -0.4 is 4.72 Å². The molecule has 2 heterocycles. The Kier molecular flexibility index (Phi) is 6.71. The van der Waals surface area contributed by atoms with Crippen LogP contribution in [0.15, 0.2) is 16.3 Å². The summed E-state index contributed by atoms with van der Waals surface area (Å²) in [6, 6.07) is 1.42. The number of nitrogens with zero attached hydrogens (tertiary/aromatic N) is 1. The van der Waals surface area contributed by atoms with E-state index < -0.39 is 16.0 Å². The van der Waals surface area contributed by atoms with Gasteiger partial charge in [0.2, 0.25) is 10.0 Å². The van der Waals surface area contributed by atoms with E-state index in [4.69, 9.17) is 4.74 Å². The second-order valence-electron chi connectivity index (χ2n) is 7.24. The van der Waals surface area contributed by atoms with E-state index in [1.165, 1.54) is 32.4 Å². The molecule has 1 saturated carbocycles. The zero-order valence-corrected chi connectivity index (χ0v) is 16.9. The summed E-state index contributed by atoms with van der Waals surface area (Å²) in [5.41, 5.74) is 0. The van der Waals surface area contributed by atoms with E-state index in [1.54, 1.807) is 5.38 Å². The third-order valence-electron chi connectivity index (χ3n) is 5.45. The van der Waals surface area contributed by atoms with Crippen molar-refractivity contribution in [1.29, 1.82) is 0 Å². The van der Waals surface area contributed by atoms with E-state index in [9.17, 15) is 13.2 Å². The van der Waals surface area contributed by atoms with Crippen LogP contribution in [0.3, 0.4) is 0 Å². The van der Waals surface area contributed by atoms with Crippen molar-refractivity contribution in [3.8, 4) is 0 Å². The number of rotatable bonds is 6. The molecule has 146 valence electrons. The highest BCUT2D eigenvalue weighted by atomic mass is 32.2. The zero-order valence-electron chi connectivity index (χ0n) is 15.3. The van der Waals surface area contributed by atoms with E-state index >= 15 is 0 Å². The van der Waals surface area contributed by atoms with Crippen LogP contribution >= 0.6 is 11.3 Å². The quantitative estimate of drug-likeness (QED) is 0.743. The molecule has 1 aromatic rings. The molecule has 8 heteroatoms. The lowest BCUT2D eigenvalue weighted by Crippen LogP contribution is -2.47. The molecule has 0 amide bonds. The molecule has 2 aliphatic rings. The predicted molar refractivity (Wildman–Crippen MR) is 102 cm³/mol. The molecule has 2 atom stereocenters. The Bertz CT molecular complexity index is 711. The van der Waals surface area contributed by atoms with Gasteiger partial charge in [0.1, 0.15) is 9.77 Å². The minimum Gasteiger partial charge on any atom is -0.465 e. The Balaban J connectivity index is 1.72. The van der Waals surface area contributed by atoms with E-state index in [0.717, 1.165) is 56.7 Å². The van der Waals surface area contributed by atoms with Crippen LogP contribution in [0.5, 0.6) is 0 Å². The molecule has 1 saturated heterocycles. The number of ether oxygens (including phenoxy) is 1. The molecule has 1 aromatic heterocycles. The van der Waals surface area contributed by atoms with E-state index in [2.05, 4.69) is 9.62 Å². The maximum absolute atomic E-state index is 12.9. The summed E-state index contributed by atoms with van der Waals surface area (Å²) in [5.74, 6) is -0.272. The van der Waals surface area contributed by atoms with Crippen LogP contribution in [-0.4, -0.2) is 52.1 Å². The first-order valence-electron chi connectivity index (χ1n) is 9.42. The van der Waals surface area contributed by atoms with Gasteiger partial charge in [-0.1, -0.05) is 19.3 Å². The van der Waals surface area contributed by atoms with Gasteiger partial charge in [-0.3, -0.25) is 0 Å². The summed E-state index contributed by atoms with van der Waals surface area (Å²) < 4.78 is 33.4. The lowest BCUT2D eigenvalue weighted by molar-refractivity contribution is 0.0602. The molecule has 6 nitrogen and oxygen atoms in total. The lowest BCUT2D eigenvalue weighted by atomic mass is 9.84. The van der Waals surface area contributed by atoms with Gasteiger partial charge in [-0.25, -0.2) is 17.9 Å². The monoisotopic (exact) mass is 400 g/mol. The van der Waals surface area contributed by atoms with Crippen molar-refractivity contribution in [3.05, 3.63) is 16.3 Å². The second-order valence-corrected chi connectivity index (χ2v) is 9.84. The first-order chi connectivity index (χ1) is 12.5. The number of carbonyl (C=O) groups is 1. The summed E-state index contributed by atoms with van der Waals surface area (Å²) in [4.78, 5) is 14.5. The molecule has 2 unspecified atom stereocenters. The number of hydrogen-bond acceptors (Lipinski definition) is 6. The third kappa shape index (κ3) is 4.65. The van der Waals surface area contributed by atoms with Crippen molar-refractivity contribution in [3.63, 3.8) is 0 Å². The van der Waals surface area contributed by atoms with Crippen LogP contribution in [0, 0.1) is 5.92 Å². The normalized spacial score (nSPS) is 25.1. The lowest BCUT2D eigenvalue weighted by Gasteiger charge is -2.37. The molecule has 2 fully saturated rings. The predicted octanol–water partition coefficient (Wildman–Crippen LogP) is 2.86. The highest BCUT2D eigenvalue weighted by molar-refractivity contribution is 7.89. The van der Waals surface area contributed by atoms with Crippen molar-refractivity contribution in [2.45, 2.75) is 55.9 Å². The summed E-state index contributed by atoms with van der Waals surface area (Å²) >= 11 is 1.10. The number of nitrogens with one attached hydrogen (secondary N) is 1. The van der Waals surface area contributed by atoms with Gasteiger partial charge in [0, 0.05) is 12.6 Å². The summed E-state index contributed by atoms with van der Waals surface area (Å²) in [6.45, 7) is 3.20. The van der Waals surface area contributed by atoms with Gasteiger partial charge in [-0.05, 0) is 56.1 Å². The average molecular weight is 401 g/mol. The van der Waals surface area contributed by atoms with Crippen molar-refractivity contribution in [2.75, 3.05) is 26.7 Å². The van der Waals surface area contributed by atoms with Crippen molar-refractivity contribution in [2.24, 2.45) is 5.92 Å². The standard InChI is InChI=1S/C18H28N2O4S2/c1-24-18(21)17-16(9-12-25-17)26(22,23)19-15-8-4-3-7-14(15)13-20-10-5-2-6-11-20/h9,12,14-15,19H,2-8,10-11,13H2,1H3. The Morgan fingerprint density at radius 3 is 2.69 bits per heavy atom. The smallest absolute Gasteiger partial charge is 0.349 e. The number of thiophene rings is 1. The van der Waals surface area contributed by atoms with Gasteiger partial charge in [-0.2, -0.15) is 0 Å². The molecular formula is C18H28N2O4S2.